The molecular weight excluding hydrogens is 405 g/mol. The molecule has 10 heteroatoms. The van der Waals surface area contributed by atoms with Crippen LogP contribution in [0, 0.1) is 0 Å². The molecule has 3 aromatic heterocycles. The van der Waals surface area contributed by atoms with Crippen LogP contribution >= 0.6 is 11.6 Å². The Kier molecular flexibility index (Phi) is 4.57. The first-order valence-corrected chi connectivity index (χ1v) is 9.15. The van der Waals surface area contributed by atoms with E-state index >= 15 is 0 Å². The van der Waals surface area contributed by atoms with Crippen molar-refractivity contribution in [1.29, 1.82) is 0 Å². The van der Waals surface area contributed by atoms with Gasteiger partial charge in [0.1, 0.15) is 22.6 Å². The third-order valence-corrected chi connectivity index (χ3v) is 4.62. The van der Waals surface area contributed by atoms with E-state index in [0.29, 0.717) is 22.3 Å². The first-order chi connectivity index (χ1) is 13.6. The number of nitrogens with zero attached hydrogens (tertiary/aromatic N) is 6. The van der Waals surface area contributed by atoms with Crippen LogP contribution in [0.1, 0.15) is 25.6 Å². The Hall–Kier alpha value is -2.94. The van der Waals surface area contributed by atoms with Crippen LogP contribution in [-0.4, -0.2) is 29.3 Å². The van der Waals surface area contributed by atoms with Crippen molar-refractivity contribution in [3.63, 3.8) is 0 Å². The fourth-order valence-electron chi connectivity index (χ4n) is 3.11. The molecule has 3 heterocycles. The van der Waals surface area contributed by atoms with E-state index in [0.717, 1.165) is 11.8 Å². The Morgan fingerprint density at radius 3 is 2.24 bits per heavy atom. The zero-order valence-corrected chi connectivity index (χ0v) is 16.5. The van der Waals surface area contributed by atoms with Crippen molar-refractivity contribution in [3.05, 3.63) is 47.6 Å². The van der Waals surface area contributed by atoms with Gasteiger partial charge in [0.15, 0.2) is 5.69 Å². The van der Waals surface area contributed by atoms with E-state index in [1.165, 1.54) is 4.57 Å². The van der Waals surface area contributed by atoms with Crippen molar-refractivity contribution in [2.45, 2.75) is 26.1 Å². The van der Waals surface area contributed by atoms with Crippen LogP contribution in [0.3, 0.4) is 0 Å². The molecule has 0 bridgehead atoms. The molecule has 0 atom stereocenters. The van der Waals surface area contributed by atoms with Crippen molar-refractivity contribution in [2.75, 3.05) is 0 Å². The number of aryl methyl sites for hydroxylation is 1. The summed E-state index contributed by atoms with van der Waals surface area (Å²) in [7, 11) is 1.77. The SMILES string of the molecule is CC(C)n1cc(C(F)(F)F)nc1-c1ccc(-c2nc(Cl)nc3cn(C)nc23)cc1. The lowest BCUT2D eigenvalue weighted by atomic mass is 10.1. The standard InChI is InChI=1S/C19H16ClF3N6/c1-10(2)29-9-14(19(21,22)23)25-17(29)12-6-4-11(5-7-12)15-16-13(8-28(3)27-16)24-18(20)26-15/h4-10H,1-3H3. The summed E-state index contributed by atoms with van der Waals surface area (Å²) >= 11 is 6.03. The van der Waals surface area contributed by atoms with E-state index in [9.17, 15) is 13.2 Å². The van der Waals surface area contributed by atoms with Gasteiger partial charge in [0, 0.05) is 30.4 Å². The van der Waals surface area contributed by atoms with Crippen LogP contribution in [0.25, 0.3) is 33.7 Å². The summed E-state index contributed by atoms with van der Waals surface area (Å²) in [5.74, 6) is 0.252. The predicted molar refractivity (Wildman–Crippen MR) is 103 cm³/mol. The van der Waals surface area contributed by atoms with Gasteiger partial charge in [0.05, 0.1) is 6.20 Å². The van der Waals surface area contributed by atoms with E-state index in [2.05, 4.69) is 20.1 Å². The van der Waals surface area contributed by atoms with Crippen LogP contribution in [0.5, 0.6) is 0 Å². The zero-order chi connectivity index (χ0) is 20.9. The van der Waals surface area contributed by atoms with Crippen LogP contribution < -0.4 is 0 Å². The summed E-state index contributed by atoms with van der Waals surface area (Å²) in [6.45, 7) is 3.61. The van der Waals surface area contributed by atoms with Crippen LogP contribution in [0.2, 0.25) is 5.28 Å². The Morgan fingerprint density at radius 1 is 0.966 bits per heavy atom. The minimum Gasteiger partial charge on any atom is -0.328 e. The van der Waals surface area contributed by atoms with Gasteiger partial charge in [-0.2, -0.15) is 18.3 Å². The van der Waals surface area contributed by atoms with E-state index in [4.69, 9.17) is 11.6 Å². The molecular formula is C19H16ClF3N6. The number of alkyl halides is 3. The molecule has 4 rings (SSSR count). The molecule has 150 valence electrons. The maximum atomic E-state index is 13.1. The van der Waals surface area contributed by atoms with E-state index in [-0.39, 0.29) is 17.1 Å². The molecule has 0 unspecified atom stereocenters. The topological polar surface area (TPSA) is 61.4 Å². The first-order valence-electron chi connectivity index (χ1n) is 8.77. The molecule has 0 aliphatic rings. The predicted octanol–water partition coefficient (Wildman–Crippen LogP) is 5.15. The Labute approximate surface area is 169 Å². The highest BCUT2D eigenvalue weighted by molar-refractivity contribution is 6.28. The van der Waals surface area contributed by atoms with Crippen LogP contribution in [0.4, 0.5) is 13.2 Å². The molecule has 0 saturated carbocycles. The monoisotopic (exact) mass is 420 g/mol. The summed E-state index contributed by atoms with van der Waals surface area (Å²) in [5.41, 5.74) is 2.12. The molecule has 0 fully saturated rings. The van der Waals surface area contributed by atoms with E-state index in [1.54, 1.807) is 56.0 Å². The molecule has 29 heavy (non-hydrogen) atoms. The van der Waals surface area contributed by atoms with Gasteiger partial charge in [0.25, 0.3) is 0 Å². The summed E-state index contributed by atoms with van der Waals surface area (Å²) < 4.78 is 42.5. The summed E-state index contributed by atoms with van der Waals surface area (Å²) in [5, 5.41) is 4.46. The molecule has 0 spiro atoms. The molecule has 0 aliphatic heterocycles. The van der Waals surface area contributed by atoms with Crippen LogP contribution in [0.15, 0.2) is 36.7 Å². The van der Waals surface area contributed by atoms with Gasteiger partial charge in [-0.05, 0) is 25.4 Å². The molecule has 4 aromatic rings. The second-order valence-electron chi connectivity index (χ2n) is 6.90. The van der Waals surface area contributed by atoms with Gasteiger partial charge in [0.2, 0.25) is 5.28 Å². The number of imidazole rings is 1. The van der Waals surface area contributed by atoms with Crippen molar-refractivity contribution < 1.29 is 13.2 Å². The Balaban J connectivity index is 1.79. The zero-order valence-electron chi connectivity index (χ0n) is 15.7. The average molecular weight is 421 g/mol. The number of hydrogen-bond donors (Lipinski definition) is 0. The first kappa shape index (κ1) is 19.4. The fraction of sp³-hybridized carbons (Fsp3) is 0.263. The number of rotatable bonds is 3. The summed E-state index contributed by atoms with van der Waals surface area (Å²) in [6, 6.07) is 6.76. The molecule has 0 radical (unpaired) electrons. The molecule has 0 aliphatic carbocycles. The third-order valence-electron chi connectivity index (χ3n) is 4.45. The minimum absolute atomic E-state index is 0.0924. The van der Waals surface area contributed by atoms with Gasteiger partial charge in [-0.15, -0.1) is 0 Å². The molecule has 0 saturated heterocycles. The van der Waals surface area contributed by atoms with Gasteiger partial charge in [-0.1, -0.05) is 24.3 Å². The molecule has 0 amide bonds. The highest BCUT2D eigenvalue weighted by Crippen LogP contribution is 2.33. The molecule has 6 nitrogen and oxygen atoms in total. The van der Waals surface area contributed by atoms with Gasteiger partial charge >= 0.3 is 6.18 Å². The van der Waals surface area contributed by atoms with Gasteiger partial charge in [-0.3, -0.25) is 4.68 Å². The maximum Gasteiger partial charge on any atom is 0.434 e. The number of fused-ring (bicyclic) bond motifs is 1. The largest absolute Gasteiger partial charge is 0.434 e. The third kappa shape index (κ3) is 3.57. The lowest BCUT2D eigenvalue weighted by Crippen LogP contribution is -2.05. The average Bonchev–Trinajstić information content (AvgIpc) is 3.24. The second kappa shape index (κ2) is 6.84. The smallest absolute Gasteiger partial charge is 0.328 e. The van der Waals surface area contributed by atoms with Gasteiger partial charge < -0.3 is 4.57 Å². The van der Waals surface area contributed by atoms with Gasteiger partial charge in [-0.25, -0.2) is 15.0 Å². The van der Waals surface area contributed by atoms with Crippen molar-refractivity contribution in [1.82, 2.24) is 29.3 Å². The minimum atomic E-state index is -4.50. The highest BCUT2D eigenvalue weighted by Gasteiger charge is 2.35. The number of aromatic nitrogens is 6. The normalized spacial score (nSPS) is 12.3. The number of hydrogen-bond acceptors (Lipinski definition) is 4. The summed E-state index contributed by atoms with van der Waals surface area (Å²) in [6.07, 6.45) is -1.73. The van der Waals surface area contributed by atoms with Crippen molar-refractivity contribution in [2.24, 2.45) is 7.05 Å². The Bertz CT molecular complexity index is 1190. The highest BCUT2D eigenvalue weighted by atomic mass is 35.5. The van der Waals surface area contributed by atoms with Crippen molar-refractivity contribution in [3.8, 4) is 22.6 Å². The lowest BCUT2D eigenvalue weighted by Gasteiger charge is -2.11. The maximum absolute atomic E-state index is 13.1. The number of benzene rings is 1. The van der Waals surface area contributed by atoms with E-state index < -0.39 is 11.9 Å². The number of halogens is 4. The van der Waals surface area contributed by atoms with Crippen LogP contribution in [-0.2, 0) is 13.2 Å². The lowest BCUT2D eigenvalue weighted by molar-refractivity contribution is -0.140. The van der Waals surface area contributed by atoms with Crippen molar-refractivity contribution >= 4 is 22.6 Å². The van der Waals surface area contributed by atoms with E-state index in [1.807, 2.05) is 0 Å². The molecule has 0 N–H and O–H groups in total. The quantitative estimate of drug-likeness (QED) is 0.430. The second-order valence-corrected chi connectivity index (χ2v) is 7.24. The fourth-order valence-corrected chi connectivity index (χ4v) is 3.29. The molecule has 1 aromatic carbocycles. The summed E-state index contributed by atoms with van der Waals surface area (Å²) in [4.78, 5) is 12.3. The Morgan fingerprint density at radius 2 is 1.62 bits per heavy atom.